The summed E-state index contributed by atoms with van der Waals surface area (Å²) in [5, 5.41) is 10.1. The van der Waals surface area contributed by atoms with Crippen LogP contribution in [0.2, 0.25) is 0 Å². The first-order valence-corrected chi connectivity index (χ1v) is 8.98. The number of carbonyl (C=O) groups excluding carboxylic acids is 1. The first kappa shape index (κ1) is 19.4. The van der Waals surface area contributed by atoms with E-state index < -0.39 is 23.1 Å². The van der Waals surface area contributed by atoms with Gasteiger partial charge in [0.2, 0.25) is 0 Å². The molecule has 0 bridgehead atoms. The number of aromatic hydroxyl groups is 1. The lowest BCUT2D eigenvalue weighted by Gasteiger charge is -2.22. The van der Waals surface area contributed by atoms with Crippen LogP contribution in [0.3, 0.4) is 0 Å². The minimum atomic E-state index is -2.67. The van der Waals surface area contributed by atoms with Crippen LogP contribution in [0.15, 0.2) is 34.8 Å². The average molecular weight is 432 g/mol. The summed E-state index contributed by atoms with van der Waals surface area (Å²) < 4.78 is 41.9. The van der Waals surface area contributed by atoms with E-state index in [1.165, 1.54) is 24.3 Å². The number of hydrogen-bond donors (Lipinski definition) is 2. The lowest BCUT2D eigenvalue weighted by molar-refractivity contribution is 0.0526. The van der Waals surface area contributed by atoms with Crippen molar-refractivity contribution in [1.29, 1.82) is 0 Å². The Morgan fingerprint density at radius 3 is 2.56 bits per heavy atom. The summed E-state index contributed by atoms with van der Waals surface area (Å²) in [5.41, 5.74) is 0.324. The fourth-order valence-electron chi connectivity index (χ4n) is 2.13. The van der Waals surface area contributed by atoms with Crippen LogP contribution in [0.25, 0.3) is 0 Å². The number of anilines is 2. The minimum absolute atomic E-state index is 0.0268. The van der Waals surface area contributed by atoms with Gasteiger partial charge in [0, 0.05) is 4.47 Å². The van der Waals surface area contributed by atoms with Gasteiger partial charge in [-0.25, -0.2) is 17.7 Å². The summed E-state index contributed by atoms with van der Waals surface area (Å²) in [6.07, 6.45) is 0. The molecule has 25 heavy (non-hydrogen) atoms. The fraction of sp³-hybridized carbons (Fsp3) is 0.188. The van der Waals surface area contributed by atoms with Crippen molar-refractivity contribution in [1.82, 2.24) is 0 Å². The molecule has 0 aliphatic carbocycles. The van der Waals surface area contributed by atoms with Crippen molar-refractivity contribution in [3.63, 3.8) is 0 Å². The monoisotopic (exact) mass is 431 g/mol. The zero-order valence-corrected chi connectivity index (χ0v) is 15.7. The van der Waals surface area contributed by atoms with Crippen LogP contribution < -0.4 is 4.31 Å². The molecule has 1 atom stereocenters. The highest BCUT2D eigenvalue weighted by molar-refractivity contribution is 9.10. The third-order valence-electron chi connectivity index (χ3n) is 3.31. The van der Waals surface area contributed by atoms with Gasteiger partial charge in [0.1, 0.15) is 11.6 Å². The van der Waals surface area contributed by atoms with Crippen molar-refractivity contribution in [2.75, 3.05) is 10.9 Å². The summed E-state index contributed by atoms with van der Waals surface area (Å²) in [6, 6.07) is 6.13. The largest absolute Gasteiger partial charge is 0.506 e. The molecule has 2 N–H and O–H groups in total. The number of carbonyl (C=O) groups is 1. The molecule has 0 aliphatic heterocycles. The highest BCUT2D eigenvalue weighted by atomic mass is 79.9. The Labute approximate surface area is 154 Å². The highest BCUT2D eigenvalue weighted by Gasteiger charge is 2.24. The Morgan fingerprint density at radius 1 is 1.32 bits per heavy atom. The molecule has 2 aromatic carbocycles. The molecule has 0 spiro atoms. The van der Waals surface area contributed by atoms with Crippen molar-refractivity contribution in [3.8, 4) is 5.75 Å². The summed E-state index contributed by atoms with van der Waals surface area (Å²) in [4.78, 5) is 11.7. The molecule has 0 fully saturated rings. The molecule has 9 heteroatoms. The van der Waals surface area contributed by atoms with E-state index in [1.54, 1.807) is 13.8 Å². The van der Waals surface area contributed by atoms with Gasteiger partial charge in [0.15, 0.2) is 0 Å². The van der Waals surface area contributed by atoms with Crippen LogP contribution in [0.5, 0.6) is 5.75 Å². The quantitative estimate of drug-likeness (QED) is 0.550. The maximum Gasteiger partial charge on any atom is 0.338 e. The Bertz CT molecular complexity index is 846. The number of phenols is 1. The van der Waals surface area contributed by atoms with Crippen LogP contribution in [0, 0.1) is 12.7 Å². The molecule has 0 aromatic heterocycles. The third-order valence-corrected chi connectivity index (χ3v) is 4.87. The maximum atomic E-state index is 14.5. The second-order valence-electron chi connectivity index (χ2n) is 5.00. The zero-order valence-electron chi connectivity index (χ0n) is 13.3. The predicted octanol–water partition coefficient (Wildman–Crippen LogP) is 4.05. The molecule has 2 rings (SSSR count). The molecular formula is C16H15BrFNO5S. The molecule has 6 nitrogen and oxygen atoms in total. The van der Waals surface area contributed by atoms with Gasteiger partial charge in [0.05, 0.1) is 23.5 Å². The summed E-state index contributed by atoms with van der Waals surface area (Å²) >= 11 is 0.598. The van der Waals surface area contributed by atoms with E-state index in [0.29, 0.717) is 14.3 Å². The lowest BCUT2D eigenvalue weighted by Crippen LogP contribution is -2.21. The summed E-state index contributed by atoms with van der Waals surface area (Å²) in [6.45, 7) is 3.49. The normalized spacial score (nSPS) is 11.9. The van der Waals surface area contributed by atoms with Crippen LogP contribution >= 0.6 is 15.9 Å². The molecule has 0 heterocycles. The molecule has 0 radical (unpaired) electrons. The predicted molar refractivity (Wildman–Crippen MR) is 95.8 cm³/mol. The number of rotatable bonds is 5. The number of phenolic OH excluding ortho intramolecular Hbond substituents is 1. The Hall–Kier alpha value is -1.97. The molecular weight excluding hydrogens is 417 g/mol. The van der Waals surface area contributed by atoms with Crippen LogP contribution in [-0.4, -0.2) is 26.4 Å². The second-order valence-corrected chi connectivity index (χ2v) is 6.68. The fourth-order valence-corrected chi connectivity index (χ4v) is 3.09. The van der Waals surface area contributed by atoms with Crippen LogP contribution in [-0.2, 0) is 16.0 Å². The van der Waals surface area contributed by atoms with E-state index in [-0.39, 0.29) is 29.3 Å². The molecule has 0 aliphatic rings. The third kappa shape index (κ3) is 4.17. The topological polar surface area (TPSA) is 87.1 Å². The molecule has 0 amide bonds. The van der Waals surface area contributed by atoms with E-state index >= 15 is 0 Å². The SMILES string of the molecule is CCOC(=O)c1ccc(N(c2cc(Br)c(C)cc2O)S(=O)O)c(F)c1. The van der Waals surface area contributed by atoms with Gasteiger partial charge in [0.25, 0.3) is 11.3 Å². The standard InChI is InChI=1S/C16H15BrFNO5S/c1-3-24-16(21)10-4-5-13(12(18)7-10)19(25(22)23)14-8-11(17)9(2)6-15(14)20/h4-8,20H,3H2,1-2H3,(H,22,23). The van der Waals surface area contributed by atoms with Crippen molar-refractivity contribution in [2.24, 2.45) is 0 Å². The first-order valence-electron chi connectivity index (χ1n) is 7.13. The number of hydrogen-bond acceptors (Lipinski definition) is 4. The average Bonchev–Trinajstić information content (AvgIpc) is 2.53. The molecule has 2 aromatic rings. The molecule has 0 saturated carbocycles. The van der Waals surface area contributed by atoms with Gasteiger partial charge in [-0.05, 0) is 49.7 Å². The van der Waals surface area contributed by atoms with Crippen molar-refractivity contribution < 1.29 is 27.8 Å². The Kier molecular flexibility index (Phi) is 6.15. The van der Waals surface area contributed by atoms with E-state index in [4.69, 9.17) is 4.74 Å². The van der Waals surface area contributed by atoms with Gasteiger partial charge in [-0.1, -0.05) is 15.9 Å². The maximum absolute atomic E-state index is 14.5. The van der Waals surface area contributed by atoms with Crippen molar-refractivity contribution >= 4 is 44.5 Å². The molecule has 1 unspecified atom stereocenters. The summed E-state index contributed by atoms with van der Waals surface area (Å²) in [7, 11) is 0. The minimum Gasteiger partial charge on any atom is -0.506 e. The van der Waals surface area contributed by atoms with Crippen molar-refractivity contribution in [2.45, 2.75) is 13.8 Å². The van der Waals surface area contributed by atoms with Gasteiger partial charge in [-0.2, -0.15) is 0 Å². The van der Waals surface area contributed by atoms with Gasteiger partial charge in [-0.3, -0.25) is 4.55 Å². The summed E-state index contributed by atoms with van der Waals surface area (Å²) in [5.74, 6) is -1.91. The van der Waals surface area contributed by atoms with Crippen LogP contribution in [0.1, 0.15) is 22.8 Å². The van der Waals surface area contributed by atoms with Crippen molar-refractivity contribution in [3.05, 3.63) is 51.7 Å². The number of aryl methyl sites for hydroxylation is 1. The number of benzene rings is 2. The van der Waals surface area contributed by atoms with E-state index in [2.05, 4.69) is 15.9 Å². The number of ether oxygens (including phenoxy) is 1. The second kappa shape index (κ2) is 7.94. The van der Waals surface area contributed by atoms with Crippen LogP contribution in [0.4, 0.5) is 15.8 Å². The van der Waals surface area contributed by atoms with Gasteiger partial charge >= 0.3 is 5.97 Å². The molecule has 134 valence electrons. The van der Waals surface area contributed by atoms with Gasteiger partial charge in [-0.15, -0.1) is 0 Å². The first-order chi connectivity index (χ1) is 11.8. The van der Waals surface area contributed by atoms with Gasteiger partial charge < -0.3 is 9.84 Å². The number of nitrogens with zero attached hydrogens (tertiary/aromatic N) is 1. The number of halogens is 2. The number of esters is 1. The van der Waals surface area contributed by atoms with E-state index in [1.807, 2.05) is 0 Å². The lowest BCUT2D eigenvalue weighted by atomic mass is 10.1. The Morgan fingerprint density at radius 2 is 2.00 bits per heavy atom. The zero-order chi connectivity index (χ0) is 18.7. The van der Waals surface area contributed by atoms with E-state index in [9.17, 15) is 23.1 Å². The highest BCUT2D eigenvalue weighted by Crippen LogP contribution is 2.39. The molecule has 0 saturated heterocycles. The Balaban J connectivity index is 2.54. The van der Waals surface area contributed by atoms with E-state index in [0.717, 1.165) is 6.07 Å². The smallest absolute Gasteiger partial charge is 0.338 e.